The largest absolute Gasteiger partial charge is 0.305 e. The number of rotatable bonds is 4. The van der Waals surface area contributed by atoms with E-state index in [0.717, 1.165) is 11.3 Å². The van der Waals surface area contributed by atoms with Crippen molar-refractivity contribution in [2.45, 2.75) is 19.5 Å². The van der Waals surface area contributed by atoms with Crippen LogP contribution >= 0.6 is 11.6 Å². The number of nitrogens with zero attached hydrogens (tertiary/aromatic N) is 2. The minimum absolute atomic E-state index is 0.0214. The van der Waals surface area contributed by atoms with E-state index < -0.39 is 0 Å². The van der Waals surface area contributed by atoms with Gasteiger partial charge in [-0.25, -0.2) is 14.4 Å². The summed E-state index contributed by atoms with van der Waals surface area (Å²) >= 11 is 6.00. The third kappa shape index (κ3) is 3.24. The predicted octanol–water partition coefficient (Wildman–Crippen LogP) is 3.12. The van der Waals surface area contributed by atoms with Gasteiger partial charge in [0.25, 0.3) is 0 Å². The summed E-state index contributed by atoms with van der Waals surface area (Å²) in [5.74, 6) is -0.327. The molecule has 0 aliphatic carbocycles. The topological polar surface area (TPSA) is 37.8 Å². The molecule has 0 radical (unpaired) electrons. The second-order valence-corrected chi connectivity index (χ2v) is 4.38. The fourth-order valence-corrected chi connectivity index (χ4v) is 1.97. The molecule has 1 N–H and O–H groups in total. The summed E-state index contributed by atoms with van der Waals surface area (Å²) in [6.45, 7) is 2.58. The smallest absolute Gasteiger partial charge is 0.124 e. The molecule has 0 spiro atoms. The number of hydrogen-bond acceptors (Lipinski definition) is 3. The zero-order valence-corrected chi connectivity index (χ0v) is 10.7. The summed E-state index contributed by atoms with van der Waals surface area (Å²) < 4.78 is 12.9. The monoisotopic (exact) mass is 265 g/mol. The van der Waals surface area contributed by atoms with Crippen molar-refractivity contribution in [1.82, 2.24) is 15.3 Å². The van der Waals surface area contributed by atoms with E-state index in [2.05, 4.69) is 15.3 Å². The first-order chi connectivity index (χ1) is 8.66. The molecular weight excluding hydrogens is 253 g/mol. The normalized spacial score (nSPS) is 12.4. The molecular formula is C13H13ClFN3. The van der Waals surface area contributed by atoms with Crippen LogP contribution in [0.1, 0.15) is 24.2 Å². The van der Waals surface area contributed by atoms with Crippen molar-refractivity contribution in [3.05, 3.63) is 58.9 Å². The van der Waals surface area contributed by atoms with Crippen molar-refractivity contribution < 1.29 is 4.39 Å². The maximum atomic E-state index is 12.9. The fraction of sp³-hybridized carbons (Fsp3) is 0.231. The Labute approximate surface area is 110 Å². The van der Waals surface area contributed by atoms with Crippen LogP contribution in [0.4, 0.5) is 4.39 Å². The Bertz CT molecular complexity index is 519. The van der Waals surface area contributed by atoms with Crippen LogP contribution in [0, 0.1) is 5.82 Å². The first kappa shape index (κ1) is 12.9. The van der Waals surface area contributed by atoms with E-state index in [-0.39, 0.29) is 11.9 Å². The zero-order chi connectivity index (χ0) is 13.0. The van der Waals surface area contributed by atoms with Gasteiger partial charge in [-0.1, -0.05) is 17.7 Å². The Hall–Kier alpha value is -1.52. The van der Waals surface area contributed by atoms with Gasteiger partial charge in [-0.15, -0.1) is 0 Å². The van der Waals surface area contributed by atoms with Gasteiger partial charge in [-0.05, 0) is 30.7 Å². The molecule has 0 aliphatic rings. The second kappa shape index (κ2) is 5.89. The van der Waals surface area contributed by atoms with Gasteiger partial charge in [0.1, 0.15) is 12.1 Å². The van der Waals surface area contributed by atoms with E-state index in [4.69, 9.17) is 11.6 Å². The van der Waals surface area contributed by atoms with Crippen molar-refractivity contribution in [1.29, 1.82) is 0 Å². The Kier molecular flexibility index (Phi) is 4.23. The van der Waals surface area contributed by atoms with Crippen LogP contribution in [0.15, 0.2) is 36.8 Å². The maximum absolute atomic E-state index is 12.9. The Morgan fingerprint density at radius 2 is 2.22 bits per heavy atom. The highest BCUT2D eigenvalue weighted by molar-refractivity contribution is 6.31. The highest BCUT2D eigenvalue weighted by Crippen LogP contribution is 2.23. The predicted molar refractivity (Wildman–Crippen MR) is 68.7 cm³/mol. The Balaban J connectivity index is 2.01. The molecule has 2 aromatic rings. The molecule has 1 unspecified atom stereocenters. The summed E-state index contributed by atoms with van der Waals surface area (Å²) in [6.07, 6.45) is 3.20. The Morgan fingerprint density at radius 1 is 1.39 bits per heavy atom. The van der Waals surface area contributed by atoms with Crippen molar-refractivity contribution >= 4 is 11.6 Å². The SMILES string of the molecule is CC(NCc1ccncn1)c1ccc(F)cc1Cl. The van der Waals surface area contributed by atoms with Gasteiger partial charge in [-0.2, -0.15) is 0 Å². The summed E-state index contributed by atoms with van der Waals surface area (Å²) in [5, 5.41) is 3.71. The standard InChI is InChI=1S/C13H13ClFN3/c1-9(12-3-2-10(15)6-13(12)14)17-7-11-4-5-16-8-18-11/h2-6,8-9,17H,7H2,1H3. The zero-order valence-electron chi connectivity index (χ0n) is 9.90. The summed E-state index contributed by atoms with van der Waals surface area (Å²) in [7, 11) is 0. The van der Waals surface area contributed by atoms with Gasteiger partial charge in [0.15, 0.2) is 0 Å². The molecule has 1 atom stereocenters. The van der Waals surface area contributed by atoms with E-state index in [0.29, 0.717) is 11.6 Å². The van der Waals surface area contributed by atoms with E-state index in [1.54, 1.807) is 12.3 Å². The van der Waals surface area contributed by atoms with Crippen molar-refractivity contribution in [3.8, 4) is 0 Å². The second-order valence-electron chi connectivity index (χ2n) is 3.97. The number of hydrogen-bond donors (Lipinski definition) is 1. The van der Waals surface area contributed by atoms with E-state index >= 15 is 0 Å². The third-order valence-corrected chi connectivity index (χ3v) is 2.99. The van der Waals surface area contributed by atoms with Gasteiger partial charge in [0.05, 0.1) is 5.69 Å². The third-order valence-electron chi connectivity index (χ3n) is 2.66. The molecule has 0 saturated carbocycles. The molecule has 0 fully saturated rings. The highest BCUT2D eigenvalue weighted by atomic mass is 35.5. The van der Waals surface area contributed by atoms with Gasteiger partial charge in [0.2, 0.25) is 0 Å². The molecule has 18 heavy (non-hydrogen) atoms. The summed E-state index contributed by atoms with van der Waals surface area (Å²) in [4.78, 5) is 7.97. The van der Waals surface area contributed by atoms with Crippen LogP contribution in [-0.2, 0) is 6.54 Å². The molecule has 1 aromatic heterocycles. The van der Waals surface area contributed by atoms with Crippen LogP contribution in [-0.4, -0.2) is 9.97 Å². The van der Waals surface area contributed by atoms with Crippen LogP contribution < -0.4 is 5.32 Å². The highest BCUT2D eigenvalue weighted by Gasteiger charge is 2.10. The van der Waals surface area contributed by atoms with Crippen LogP contribution in [0.25, 0.3) is 0 Å². The minimum atomic E-state index is -0.327. The molecule has 1 aromatic carbocycles. The Morgan fingerprint density at radius 3 is 2.89 bits per heavy atom. The molecule has 1 heterocycles. The van der Waals surface area contributed by atoms with E-state index in [9.17, 15) is 4.39 Å². The van der Waals surface area contributed by atoms with Crippen LogP contribution in [0.3, 0.4) is 0 Å². The van der Waals surface area contributed by atoms with Gasteiger partial charge in [-0.3, -0.25) is 0 Å². The molecule has 2 rings (SSSR count). The molecule has 0 amide bonds. The first-order valence-electron chi connectivity index (χ1n) is 5.60. The van der Waals surface area contributed by atoms with Gasteiger partial charge in [0, 0.05) is 23.8 Å². The van der Waals surface area contributed by atoms with E-state index in [1.165, 1.54) is 18.5 Å². The van der Waals surface area contributed by atoms with Gasteiger partial charge >= 0.3 is 0 Å². The van der Waals surface area contributed by atoms with Gasteiger partial charge < -0.3 is 5.32 Å². The summed E-state index contributed by atoms with van der Waals surface area (Å²) in [6, 6.07) is 6.28. The van der Waals surface area contributed by atoms with Crippen LogP contribution in [0.2, 0.25) is 5.02 Å². The number of halogens is 2. The lowest BCUT2D eigenvalue weighted by Gasteiger charge is -2.15. The molecule has 0 saturated heterocycles. The lowest BCUT2D eigenvalue weighted by atomic mass is 10.1. The fourth-order valence-electron chi connectivity index (χ4n) is 1.64. The number of nitrogens with one attached hydrogen (secondary N) is 1. The molecule has 3 nitrogen and oxygen atoms in total. The molecule has 0 bridgehead atoms. The maximum Gasteiger partial charge on any atom is 0.124 e. The molecule has 0 aliphatic heterocycles. The van der Waals surface area contributed by atoms with Crippen molar-refractivity contribution in [3.63, 3.8) is 0 Å². The number of aromatic nitrogens is 2. The summed E-state index contributed by atoms with van der Waals surface area (Å²) in [5.41, 5.74) is 1.77. The lowest BCUT2D eigenvalue weighted by Crippen LogP contribution is -2.19. The first-order valence-corrected chi connectivity index (χ1v) is 5.98. The molecule has 94 valence electrons. The van der Waals surface area contributed by atoms with Crippen molar-refractivity contribution in [2.24, 2.45) is 0 Å². The van der Waals surface area contributed by atoms with E-state index in [1.807, 2.05) is 13.0 Å². The average Bonchev–Trinajstić information content (AvgIpc) is 2.37. The van der Waals surface area contributed by atoms with Crippen molar-refractivity contribution in [2.75, 3.05) is 0 Å². The number of benzene rings is 1. The minimum Gasteiger partial charge on any atom is -0.305 e. The lowest BCUT2D eigenvalue weighted by molar-refractivity contribution is 0.564. The quantitative estimate of drug-likeness (QED) is 0.923. The van der Waals surface area contributed by atoms with Crippen LogP contribution in [0.5, 0.6) is 0 Å². The average molecular weight is 266 g/mol. The molecule has 5 heteroatoms.